The maximum atomic E-state index is 12.2. The van der Waals surface area contributed by atoms with Crippen LogP contribution in [0.25, 0.3) is 0 Å². The summed E-state index contributed by atoms with van der Waals surface area (Å²) < 4.78 is 5.22. The lowest BCUT2D eigenvalue weighted by atomic mass is 10.1. The first-order valence-electron chi connectivity index (χ1n) is 7.31. The molecule has 1 N–H and O–H groups in total. The summed E-state index contributed by atoms with van der Waals surface area (Å²) in [6.45, 7) is 2.27. The van der Waals surface area contributed by atoms with Gasteiger partial charge in [0.15, 0.2) is 0 Å². The van der Waals surface area contributed by atoms with Gasteiger partial charge in [-0.25, -0.2) is 4.79 Å². The highest BCUT2D eigenvalue weighted by atomic mass is 32.2. The second kappa shape index (κ2) is 7.70. The van der Waals surface area contributed by atoms with Crippen molar-refractivity contribution in [2.45, 2.75) is 49.6 Å². The molecular formula is C16H23NO2S. The van der Waals surface area contributed by atoms with Gasteiger partial charge in [0, 0.05) is 10.9 Å². The Morgan fingerprint density at radius 3 is 2.55 bits per heavy atom. The maximum Gasteiger partial charge on any atom is 0.327 e. The van der Waals surface area contributed by atoms with Crippen molar-refractivity contribution in [1.82, 2.24) is 5.32 Å². The Balaban J connectivity index is 2.12. The lowest BCUT2D eigenvalue weighted by molar-refractivity contribution is -0.146. The molecule has 4 heteroatoms. The van der Waals surface area contributed by atoms with Gasteiger partial charge in [-0.1, -0.05) is 25.0 Å². The van der Waals surface area contributed by atoms with Crippen molar-refractivity contribution in [3.05, 3.63) is 29.8 Å². The van der Waals surface area contributed by atoms with Crippen LogP contribution < -0.4 is 5.32 Å². The van der Waals surface area contributed by atoms with Crippen LogP contribution in [0.4, 0.5) is 0 Å². The summed E-state index contributed by atoms with van der Waals surface area (Å²) in [6.07, 6.45) is 6.85. The Hall–Kier alpha value is -1.00. The van der Waals surface area contributed by atoms with E-state index in [2.05, 4.69) is 23.7 Å². The first kappa shape index (κ1) is 15.4. The SMILES string of the molecule is CCOC(=O)C(NC1CCCC1)c1ccc(SC)cc1. The third-order valence-electron chi connectivity index (χ3n) is 3.73. The number of ether oxygens (including phenoxy) is 1. The van der Waals surface area contributed by atoms with E-state index in [0.29, 0.717) is 12.6 Å². The van der Waals surface area contributed by atoms with E-state index < -0.39 is 0 Å². The van der Waals surface area contributed by atoms with Gasteiger partial charge in [0.05, 0.1) is 6.61 Å². The fourth-order valence-electron chi connectivity index (χ4n) is 2.65. The van der Waals surface area contributed by atoms with Gasteiger partial charge < -0.3 is 4.74 Å². The zero-order chi connectivity index (χ0) is 14.4. The zero-order valence-corrected chi connectivity index (χ0v) is 13.0. The normalized spacial score (nSPS) is 17.1. The summed E-state index contributed by atoms with van der Waals surface area (Å²) in [5, 5.41) is 3.47. The van der Waals surface area contributed by atoms with Crippen molar-refractivity contribution in [2.75, 3.05) is 12.9 Å². The molecule has 0 radical (unpaired) electrons. The van der Waals surface area contributed by atoms with E-state index >= 15 is 0 Å². The molecule has 1 unspecified atom stereocenters. The van der Waals surface area contributed by atoms with Crippen LogP contribution in [-0.4, -0.2) is 24.9 Å². The van der Waals surface area contributed by atoms with Crippen LogP contribution in [0, 0.1) is 0 Å². The summed E-state index contributed by atoms with van der Waals surface area (Å²) in [6, 6.07) is 8.26. The highest BCUT2D eigenvalue weighted by Crippen LogP contribution is 2.24. The fourth-order valence-corrected chi connectivity index (χ4v) is 3.06. The molecular weight excluding hydrogens is 270 g/mol. The number of carbonyl (C=O) groups is 1. The number of carbonyl (C=O) groups excluding carboxylic acids is 1. The van der Waals surface area contributed by atoms with Gasteiger partial charge in [0.1, 0.15) is 6.04 Å². The average Bonchev–Trinajstić information content (AvgIpc) is 2.98. The van der Waals surface area contributed by atoms with Gasteiger partial charge in [-0.15, -0.1) is 11.8 Å². The third-order valence-corrected chi connectivity index (χ3v) is 4.47. The van der Waals surface area contributed by atoms with E-state index in [4.69, 9.17) is 4.74 Å². The molecule has 1 aliphatic carbocycles. The second-order valence-corrected chi connectivity index (χ2v) is 5.99. The minimum atomic E-state index is -0.339. The van der Waals surface area contributed by atoms with Gasteiger partial charge in [-0.2, -0.15) is 0 Å². The highest BCUT2D eigenvalue weighted by molar-refractivity contribution is 7.98. The number of thioether (sulfide) groups is 1. The smallest absolute Gasteiger partial charge is 0.327 e. The van der Waals surface area contributed by atoms with E-state index in [0.717, 1.165) is 18.4 Å². The Morgan fingerprint density at radius 1 is 1.35 bits per heavy atom. The molecule has 1 aliphatic rings. The third kappa shape index (κ3) is 4.00. The molecule has 0 bridgehead atoms. The Morgan fingerprint density at radius 2 is 2.00 bits per heavy atom. The van der Waals surface area contributed by atoms with E-state index in [1.807, 2.05) is 19.1 Å². The second-order valence-electron chi connectivity index (χ2n) is 5.11. The van der Waals surface area contributed by atoms with Crippen molar-refractivity contribution in [3.63, 3.8) is 0 Å². The molecule has 110 valence electrons. The Kier molecular flexibility index (Phi) is 5.92. The summed E-state index contributed by atoms with van der Waals surface area (Å²) >= 11 is 1.70. The molecule has 0 heterocycles. The van der Waals surface area contributed by atoms with Crippen molar-refractivity contribution < 1.29 is 9.53 Å². The summed E-state index contributed by atoms with van der Waals surface area (Å²) in [4.78, 5) is 13.4. The number of esters is 1. The standard InChI is InChI=1S/C16H23NO2S/c1-3-19-16(18)15(17-13-6-4-5-7-13)12-8-10-14(20-2)11-9-12/h8-11,13,15,17H,3-7H2,1-2H3. The summed E-state index contributed by atoms with van der Waals surface area (Å²) in [5.74, 6) is -0.170. The number of hydrogen-bond donors (Lipinski definition) is 1. The number of nitrogens with one attached hydrogen (secondary N) is 1. The molecule has 1 atom stereocenters. The summed E-state index contributed by atoms with van der Waals surface area (Å²) in [5.41, 5.74) is 0.994. The minimum absolute atomic E-state index is 0.170. The van der Waals surface area contributed by atoms with Gasteiger partial charge in [-0.05, 0) is 43.7 Å². The van der Waals surface area contributed by atoms with Crippen LogP contribution in [0.5, 0.6) is 0 Å². The molecule has 20 heavy (non-hydrogen) atoms. The van der Waals surface area contributed by atoms with Crippen LogP contribution >= 0.6 is 11.8 Å². The van der Waals surface area contributed by atoms with E-state index in [1.54, 1.807) is 11.8 Å². The van der Waals surface area contributed by atoms with E-state index in [9.17, 15) is 4.79 Å². The van der Waals surface area contributed by atoms with Crippen LogP contribution in [0.3, 0.4) is 0 Å². The molecule has 1 aromatic carbocycles. The first-order valence-corrected chi connectivity index (χ1v) is 8.53. The molecule has 2 rings (SSSR count). The van der Waals surface area contributed by atoms with E-state index in [-0.39, 0.29) is 12.0 Å². The molecule has 0 aromatic heterocycles. The van der Waals surface area contributed by atoms with Crippen molar-refractivity contribution in [1.29, 1.82) is 0 Å². The van der Waals surface area contributed by atoms with Crippen LogP contribution in [0.1, 0.15) is 44.2 Å². The molecule has 0 spiro atoms. The van der Waals surface area contributed by atoms with Crippen LogP contribution in [-0.2, 0) is 9.53 Å². The van der Waals surface area contributed by atoms with E-state index in [1.165, 1.54) is 17.7 Å². The minimum Gasteiger partial charge on any atom is -0.465 e. The largest absolute Gasteiger partial charge is 0.465 e. The number of hydrogen-bond acceptors (Lipinski definition) is 4. The molecule has 0 saturated heterocycles. The average molecular weight is 293 g/mol. The van der Waals surface area contributed by atoms with Gasteiger partial charge >= 0.3 is 5.97 Å². The molecule has 1 fully saturated rings. The predicted molar refractivity (Wildman–Crippen MR) is 83.0 cm³/mol. The maximum absolute atomic E-state index is 12.2. The quantitative estimate of drug-likeness (QED) is 0.643. The lowest BCUT2D eigenvalue weighted by Crippen LogP contribution is -2.36. The molecule has 3 nitrogen and oxygen atoms in total. The first-order chi connectivity index (χ1) is 9.74. The highest BCUT2D eigenvalue weighted by Gasteiger charge is 2.26. The van der Waals surface area contributed by atoms with Crippen LogP contribution in [0.15, 0.2) is 29.2 Å². The van der Waals surface area contributed by atoms with Crippen LogP contribution in [0.2, 0.25) is 0 Å². The Bertz CT molecular complexity index is 427. The van der Waals surface area contributed by atoms with Gasteiger partial charge in [0.25, 0.3) is 0 Å². The van der Waals surface area contributed by atoms with Crippen molar-refractivity contribution >= 4 is 17.7 Å². The van der Waals surface area contributed by atoms with Gasteiger partial charge in [0.2, 0.25) is 0 Å². The molecule has 1 aromatic rings. The molecule has 1 saturated carbocycles. The lowest BCUT2D eigenvalue weighted by Gasteiger charge is -2.22. The van der Waals surface area contributed by atoms with Crippen molar-refractivity contribution in [3.8, 4) is 0 Å². The fraction of sp³-hybridized carbons (Fsp3) is 0.562. The number of rotatable bonds is 6. The predicted octanol–water partition coefficient (Wildman–Crippen LogP) is 3.54. The molecule has 0 amide bonds. The topological polar surface area (TPSA) is 38.3 Å². The number of benzene rings is 1. The monoisotopic (exact) mass is 293 g/mol. The van der Waals surface area contributed by atoms with Gasteiger partial charge in [-0.3, -0.25) is 5.32 Å². The van der Waals surface area contributed by atoms with Crippen molar-refractivity contribution in [2.24, 2.45) is 0 Å². The Labute approximate surface area is 125 Å². The zero-order valence-electron chi connectivity index (χ0n) is 12.2. The summed E-state index contributed by atoms with van der Waals surface area (Å²) in [7, 11) is 0. The molecule has 0 aliphatic heterocycles.